The Morgan fingerprint density at radius 2 is 1.88 bits per heavy atom. The van der Waals surface area contributed by atoms with Crippen molar-refractivity contribution in [2.75, 3.05) is 13.1 Å². The van der Waals surface area contributed by atoms with Gasteiger partial charge < -0.3 is 15.0 Å². The van der Waals surface area contributed by atoms with E-state index in [1.54, 1.807) is 18.2 Å². The van der Waals surface area contributed by atoms with Gasteiger partial charge in [-0.2, -0.15) is 0 Å². The molecule has 170 valence electrons. The molecule has 1 N–H and O–H groups in total. The first-order valence-electron chi connectivity index (χ1n) is 11.2. The van der Waals surface area contributed by atoms with Crippen LogP contribution in [0.4, 0.5) is 4.39 Å². The Morgan fingerprint density at radius 3 is 2.53 bits per heavy atom. The molecule has 0 unspecified atom stereocenters. The molecule has 2 saturated heterocycles. The van der Waals surface area contributed by atoms with Crippen molar-refractivity contribution in [1.29, 1.82) is 0 Å². The average molecular weight is 459 g/mol. The van der Waals surface area contributed by atoms with E-state index in [2.05, 4.69) is 5.32 Å². The predicted octanol–water partition coefficient (Wildman–Crippen LogP) is 4.52. The lowest BCUT2D eigenvalue weighted by Crippen LogP contribution is -2.46. The van der Waals surface area contributed by atoms with E-state index in [0.717, 1.165) is 18.4 Å². The van der Waals surface area contributed by atoms with Gasteiger partial charge in [-0.25, -0.2) is 4.39 Å². The highest BCUT2D eigenvalue weighted by Gasteiger charge is 2.38. The molecule has 0 spiro atoms. The van der Waals surface area contributed by atoms with Crippen LogP contribution in [0.5, 0.6) is 5.75 Å². The topological polar surface area (TPSA) is 58.6 Å². The molecule has 0 radical (unpaired) electrons. The van der Waals surface area contributed by atoms with Crippen LogP contribution in [-0.4, -0.2) is 41.4 Å². The third-order valence-electron chi connectivity index (χ3n) is 6.43. The first kappa shape index (κ1) is 22.6. The zero-order valence-electron chi connectivity index (χ0n) is 18.0. The Morgan fingerprint density at radius 1 is 1.16 bits per heavy atom. The van der Waals surface area contributed by atoms with Crippen molar-refractivity contribution in [3.05, 3.63) is 64.9 Å². The van der Waals surface area contributed by atoms with Gasteiger partial charge in [-0.3, -0.25) is 9.59 Å². The number of nitrogens with one attached hydrogen (secondary N) is 1. The van der Waals surface area contributed by atoms with Crippen LogP contribution in [0.2, 0.25) is 5.02 Å². The molecule has 2 aromatic carbocycles. The van der Waals surface area contributed by atoms with Crippen molar-refractivity contribution in [2.24, 2.45) is 0 Å². The van der Waals surface area contributed by atoms with E-state index in [4.69, 9.17) is 16.3 Å². The Bertz CT molecular complexity index is 960. The van der Waals surface area contributed by atoms with E-state index < -0.39 is 5.54 Å². The van der Waals surface area contributed by atoms with Gasteiger partial charge in [0.15, 0.2) is 0 Å². The van der Waals surface area contributed by atoms with Gasteiger partial charge in [-0.1, -0.05) is 35.9 Å². The van der Waals surface area contributed by atoms with E-state index in [-0.39, 0.29) is 23.7 Å². The van der Waals surface area contributed by atoms with Gasteiger partial charge in [-0.05, 0) is 49.1 Å². The third-order valence-corrected chi connectivity index (χ3v) is 6.75. The second-order valence-corrected chi connectivity index (χ2v) is 9.17. The summed E-state index contributed by atoms with van der Waals surface area (Å²) in [7, 11) is 0. The Balaban J connectivity index is 1.29. The number of benzene rings is 2. The smallest absolute Gasteiger partial charge is 0.222 e. The van der Waals surface area contributed by atoms with Gasteiger partial charge in [0.2, 0.25) is 11.8 Å². The van der Waals surface area contributed by atoms with Crippen LogP contribution in [0.25, 0.3) is 0 Å². The number of amides is 2. The van der Waals surface area contributed by atoms with E-state index >= 15 is 0 Å². The van der Waals surface area contributed by atoms with Crippen LogP contribution in [0.1, 0.15) is 44.1 Å². The quantitative estimate of drug-likeness (QED) is 0.663. The zero-order valence-corrected chi connectivity index (χ0v) is 18.7. The van der Waals surface area contributed by atoms with E-state index in [1.165, 1.54) is 12.1 Å². The Hall–Kier alpha value is -2.60. The first-order chi connectivity index (χ1) is 15.4. The number of likely N-dealkylation sites (tertiary alicyclic amines) is 1. The van der Waals surface area contributed by atoms with Gasteiger partial charge in [0.25, 0.3) is 0 Å². The molecule has 2 aliphatic rings. The lowest BCUT2D eigenvalue weighted by Gasteiger charge is -2.34. The summed E-state index contributed by atoms with van der Waals surface area (Å²) in [5, 5.41) is 3.69. The molecule has 2 fully saturated rings. The van der Waals surface area contributed by atoms with Crippen molar-refractivity contribution >= 4 is 23.4 Å². The van der Waals surface area contributed by atoms with Gasteiger partial charge >= 0.3 is 0 Å². The first-order valence-corrected chi connectivity index (χ1v) is 11.5. The highest BCUT2D eigenvalue weighted by molar-refractivity contribution is 6.32. The van der Waals surface area contributed by atoms with Crippen LogP contribution in [0, 0.1) is 5.82 Å². The third kappa shape index (κ3) is 5.60. The molecule has 2 heterocycles. The van der Waals surface area contributed by atoms with Crippen LogP contribution in [0.15, 0.2) is 48.5 Å². The monoisotopic (exact) mass is 458 g/mol. The molecule has 1 atom stereocenters. The highest BCUT2D eigenvalue weighted by atomic mass is 35.5. The summed E-state index contributed by atoms with van der Waals surface area (Å²) in [5.41, 5.74) is 0.509. The van der Waals surface area contributed by atoms with E-state index in [9.17, 15) is 14.0 Å². The fourth-order valence-corrected chi connectivity index (χ4v) is 4.80. The van der Waals surface area contributed by atoms with Crippen LogP contribution < -0.4 is 10.1 Å². The minimum absolute atomic E-state index is 0.0112. The number of rotatable bonds is 7. The summed E-state index contributed by atoms with van der Waals surface area (Å²) < 4.78 is 19.3. The van der Waals surface area contributed by atoms with Crippen LogP contribution in [0.3, 0.4) is 0 Å². The predicted molar refractivity (Wildman–Crippen MR) is 121 cm³/mol. The normalized spacial score (nSPS) is 21.4. The molecule has 4 rings (SSSR count). The molecule has 7 heteroatoms. The standard InChI is InChI=1S/C25H28ClFN2O3/c26-21-3-1-2-4-22(21)32-20-11-15-29(16-12-20)24(31)10-14-25(13-9-23(30)28-25)17-18-5-7-19(27)8-6-18/h1-8,20H,9-17H2,(H,28,30)/t25-/m0/s1. The van der Waals surface area contributed by atoms with Crippen molar-refractivity contribution in [3.8, 4) is 5.75 Å². The number of nitrogens with zero attached hydrogens (tertiary/aromatic N) is 1. The number of hydrogen-bond acceptors (Lipinski definition) is 3. The van der Waals surface area contributed by atoms with Gasteiger partial charge in [0.1, 0.15) is 17.7 Å². The average Bonchev–Trinajstić information content (AvgIpc) is 3.16. The van der Waals surface area contributed by atoms with E-state index in [1.807, 2.05) is 23.1 Å². The van der Waals surface area contributed by atoms with Crippen molar-refractivity contribution < 1.29 is 18.7 Å². The fraction of sp³-hybridized carbons (Fsp3) is 0.440. The molecule has 0 aliphatic carbocycles. The van der Waals surface area contributed by atoms with Crippen molar-refractivity contribution in [1.82, 2.24) is 10.2 Å². The van der Waals surface area contributed by atoms with Gasteiger partial charge in [-0.15, -0.1) is 0 Å². The number of carbonyl (C=O) groups excluding carboxylic acids is 2. The lowest BCUT2D eigenvalue weighted by atomic mass is 9.84. The molecule has 2 amide bonds. The summed E-state index contributed by atoms with van der Waals surface area (Å²) in [4.78, 5) is 26.7. The largest absolute Gasteiger partial charge is 0.489 e. The summed E-state index contributed by atoms with van der Waals surface area (Å²) in [6, 6.07) is 13.8. The van der Waals surface area contributed by atoms with Crippen LogP contribution >= 0.6 is 11.6 Å². The molecule has 2 aromatic rings. The summed E-state index contributed by atoms with van der Waals surface area (Å²) in [6.45, 7) is 1.29. The van der Waals surface area contributed by atoms with Crippen LogP contribution in [-0.2, 0) is 16.0 Å². The van der Waals surface area contributed by atoms with Gasteiger partial charge in [0.05, 0.1) is 5.02 Å². The molecule has 5 nitrogen and oxygen atoms in total. The summed E-state index contributed by atoms with van der Waals surface area (Å²) in [5.74, 6) is 0.506. The maximum absolute atomic E-state index is 13.3. The fourth-order valence-electron chi connectivity index (χ4n) is 4.62. The number of para-hydroxylation sites is 1. The summed E-state index contributed by atoms with van der Waals surface area (Å²) >= 11 is 6.18. The van der Waals surface area contributed by atoms with Gasteiger partial charge in [0, 0.05) is 44.3 Å². The molecule has 2 aliphatic heterocycles. The number of carbonyl (C=O) groups is 2. The maximum Gasteiger partial charge on any atom is 0.222 e. The van der Waals surface area contributed by atoms with Crippen molar-refractivity contribution in [3.63, 3.8) is 0 Å². The molecule has 0 bridgehead atoms. The van der Waals surface area contributed by atoms with E-state index in [0.29, 0.717) is 56.0 Å². The second kappa shape index (κ2) is 9.90. The SMILES string of the molecule is O=C1CC[C@](CCC(=O)N2CCC(Oc3ccccc3Cl)CC2)(Cc2ccc(F)cc2)N1. The molecule has 0 saturated carbocycles. The number of piperidine rings is 1. The Kier molecular flexibility index (Phi) is 6.99. The van der Waals surface area contributed by atoms with Crippen molar-refractivity contribution in [2.45, 2.75) is 56.6 Å². The summed E-state index contributed by atoms with van der Waals surface area (Å²) in [6.07, 6.45) is 4.24. The Labute approximate surface area is 192 Å². The molecule has 0 aromatic heterocycles. The number of ether oxygens (including phenoxy) is 1. The highest BCUT2D eigenvalue weighted by Crippen LogP contribution is 2.31. The second-order valence-electron chi connectivity index (χ2n) is 8.76. The number of halogens is 2. The minimum Gasteiger partial charge on any atom is -0.489 e. The molecule has 32 heavy (non-hydrogen) atoms. The maximum atomic E-state index is 13.3. The molecular formula is C25H28ClFN2O3. The minimum atomic E-state index is -0.448. The zero-order chi connectivity index (χ0) is 22.6. The molecular weight excluding hydrogens is 431 g/mol. The number of hydrogen-bond donors (Lipinski definition) is 1. The lowest BCUT2D eigenvalue weighted by molar-refractivity contribution is -0.133.